The SMILES string of the molecule is CC(=O)[C@H](C)n1c(=O)c2c(nc3n2CCCCN3c2ccc(Oc3ccccc3)cc2)n(C)c1=O. The molecule has 0 aliphatic carbocycles. The third kappa shape index (κ3) is 3.92. The summed E-state index contributed by atoms with van der Waals surface area (Å²) in [6.45, 7) is 4.26. The van der Waals surface area contributed by atoms with Gasteiger partial charge in [0.2, 0.25) is 5.95 Å². The maximum absolute atomic E-state index is 13.5. The molecule has 1 aliphatic rings. The van der Waals surface area contributed by atoms with E-state index in [1.165, 1.54) is 11.5 Å². The number of Topliss-reactive ketones (excluding diaryl/α,β-unsaturated/α-hetero) is 1. The van der Waals surface area contributed by atoms with Crippen molar-refractivity contribution in [2.24, 2.45) is 7.05 Å². The number of benzene rings is 2. The molecule has 35 heavy (non-hydrogen) atoms. The number of nitrogens with zero attached hydrogens (tertiary/aromatic N) is 5. The monoisotopic (exact) mass is 473 g/mol. The fourth-order valence-corrected chi connectivity index (χ4v) is 4.47. The van der Waals surface area contributed by atoms with Crippen molar-refractivity contribution in [3.8, 4) is 11.5 Å². The first-order valence-corrected chi connectivity index (χ1v) is 11.7. The number of para-hydroxylation sites is 1. The van der Waals surface area contributed by atoms with Crippen molar-refractivity contribution in [2.75, 3.05) is 11.4 Å². The molecule has 0 unspecified atom stereocenters. The van der Waals surface area contributed by atoms with Crippen LogP contribution in [0.2, 0.25) is 0 Å². The number of carbonyl (C=O) groups is 1. The van der Waals surface area contributed by atoms with E-state index in [9.17, 15) is 14.4 Å². The lowest BCUT2D eigenvalue weighted by atomic mass is 10.2. The van der Waals surface area contributed by atoms with Crippen LogP contribution in [-0.4, -0.2) is 31.0 Å². The first-order valence-electron chi connectivity index (χ1n) is 11.7. The van der Waals surface area contributed by atoms with Crippen LogP contribution in [0.25, 0.3) is 11.2 Å². The van der Waals surface area contributed by atoms with E-state index >= 15 is 0 Å². The summed E-state index contributed by atoms with van der Waals surface area (Å²) < 4.78 is 10.2. The van der Waals surface area contributed by atoms with Gasteiger partial charge in [-0.05, 0) is 63.1 Å². The van der Waals surface area contributed by atoms with Crippen LogP contribution in [0.1, 0.15) is 32.7 Å². The number of aryl methyl sites for hydroxylation is 2. The summed E-state index contributed by atoms with van der Waals surface area (Å²) >= 11 is 0. The Morgan fingerprint density at radius 1 is 0.971 bits per heavy atom. The van der Waals surface area contributed by atoms with E-state index in [0.717, 1.165) is 28.8 Å². The minimum atomic E-state index is -0.851. The van der Waals surface area contributed by atoms with Crippen molar-refractivity contribution in [1.29, 1.82) is 0 Å². The number of hydrogen-bond acceptors (Lipinski definition) is 6. The third-order valence-electron chi connectivity index (χ3n) is 6.52. The van der Waals surface area contributed by atoms with Crippen LogP contribution in [0, 0.1) is 0 Å². The fraction of sp³-hybridized carbons (Fsp3) is 0.308. The summed E-state index contributed by atoms with van der Waals surface area (Å²) in [5, 5.41) is 0. The van der Waals surface area contributed by atoms with E-state index in [0.29, 0.717) is 36.0 Å². The molecule has 1 aliphatic heterocycles. The zero-order valence-electron chi connectivity index (χ0n) is 20.0. The van der Waals surface area contributed by atoms with Gasteiger partial charge in [0, 0.05) is 25.8 Å². The van der Waals surface area contributed by atoms with E-state index < -0.39 is 17.3 Å². The number of carbonyl (C=O) groups excluding carboxylic acids is 1. The van der Waals surface area contributed by atoms with Crippen LogP contribution >= 0.6 is 0 Å². The second-order valence-corrected chi connectivity index (χ2v) is 8.81. The predicted octanol–water partition coefficient (Wildman–Crippen LogP) is 3.77. The van der Waals surface area contributed by atoms with Crippen molar-refractivity contribution in [1.82, 2.24) is 18.7 Å². The molecule has 180 valence electrons. The second kappa shape index (κ2) is 8.90. The van der Waals surface area contributed by atoms with Crippen molar-refractivity contribution in [2.45, 2.75) is 39.3 Å². The number of fused-ring (bicyclic) bond motifs is 3. The fourth-order valence-electron chi connectivity index (χ4n) is 4.47. The molecule has 9 heteroatoms. The molecule has 2 aromatic heterocycles. The molecule has 0 fully saturated rings. The number of imidazole rings is 1. The summed E-state index contributed by atoms with van der Waals surface area (Å²) in [6.07, 6.45) is 1.77. The van der Waals surface area contributed by atoms with Gasteiger partial charge < -0.3 is 14.2 Å². The van der Waals surface area contributed by atoms with Crippen LogP contribution in [0.3, 0.4) is 0 Å². The number of aromatic nitrogens is 4. The van der Waals surface area contributed by atoms with Gasteiger partial charge in [-0.15, -0.1) is 0 Å². The number of ether oxygens (including phenoxy) is 1. The van der Waals surface area contributed by atoms with E-state index in [1.807, 2.05) is 59.2 Å². The first-order chi connectivity index (χ1) is 16.9. The van der Waals surface area contributed by atoms with Gasteiger partial charge in [-0.1, -0.05) is 18.2 Å². The second-order valence-electron chi connectivity index (χ2n) is 8.81. The van der Waals surface area contributed by atoms with Crippen molar-refractivity contribution >= 4 is 28.6 Å². The Bertz CT molecular complexity index is 1520. The van der Waals surface area contributed by atoms with E-state index in [2.05, 4.69) is 4.90 Å². The number of hydrogen-bond donors (Lipinski definition) is 0. The molecule has 2 aromatic carbocycles. The Labute approximate surface area is 201 Å². The van der Waals surface area contributed by atoms with Crippen LogP contribution in [-0.2, 0) is 18.4 Å². The van der Waals surface area contributed by atoms with Gasteiger partial charge in [-0.3, -0.25) is 14.2 Å². The number of ketones is 1. The zero-order valence-corrected chi connectivity index (χ0v) is 20.0. The van der Waals surface area contributed by atoms with Crippen LogP contribution in [0.4, 0.5) is 11.6 Å². The Kier molecular flexibility index (Phi) is 5.76. The third-order valence-corrected chi connectivity index (χ3v) is 6.52. The predicted molar refractivity (Wildman–Crippen MR) is 134 cm³/mol. The summed E-state index contributed by atoms with van der Waals surface area (Å²) in [5.74, 6) is 1.83. The van der Waals surface area contributed by atoms with Gasteiger partial charge >= 0.3 is 5.69 Å². The molecule has 0 amide bonds. The average Bonchev–Trinajstić information content (AvgIpc) is 3.11. The van der Waals surface area contributed by atoms with Crippen LogP contribution < -0.4 is 20.9 Å². The molecular formula is C26H27N5O4. The van der Waals surface area contributed by atoms with E-state index in [1.54, 1.807) is 14.0 Å². The summed E-state index contributed by atoms with van der Waals surface area (Å²) in [5.41, 5.74) is 0.529. The summed E-state index contributed by atoms with van der Waals surface area (Å²) in [6, 6.07) is 16.4. The van der Waals surface area contributed by atoms with Gasteiger partial charge in [-0.25, -0.2) is 9.36 Å². The highest BCUT2D eigenvalue weighted by Crippen LogP contribution is 2.32. The Hall–Kier alpha value is -4.14. The molecule has 5 rings (SSSR count). The van der Waals surface area contributed by atoms with Gasteiger partial charge in [0.1, 0.15) is 11.5 Å². The number of rotatable bonds is 5. The molecule has 1 atom stereocenters. The molecule has 0 spiro atoms. The highest BCUT2D eigenvalue weighted by molar-refractivity contribution is 5.81. The summed E-state index contributed by atoms with van der Waals surface area (Å²) in [4.78, 5) is 45.2. The Balaban J connectivity index is 1.60. The molecule has 0 saturated carbocycles. The van der Waals surface area contributed by atoms with Crippen molar-refractivity contribution in [3.05, 3.63) is 75.4 Å². The van der Waals surface area contributed by atoms with Crippen molar-refractivity contribution < 1.29 is 9.53 Å². The quantitative estimate of drug-likeness (QED) is 0.438. The summed E-state index contributed by atoms with van der Waals surface area (Å²) in [7, 11) is 1.58. The van der Waals surface area contributed by atoms with Crippen LogP contribution in [0.15, 0.2) is 64.2 Å². The normalized spacial score (nSPS) is 14.4. The highest BCUT2D eigenvalue weighted by Gasteiger charge is 2.27. The minimum Gasteiger partial charge on any atom is -0.457 e. The van der Waals surface area contributed by atoms with Crippen LogP contribution in [0.5, 0.6) is 11.5 Å². The molecule has 3 heterocycles. The van der Waals surface area contributed by atoms with E-state index in [4.69, 9.17) is 9.72 Å². The highest BCUT2D eigenvalue weighted by atomic mass is 16.5. The molecule has 0 radical (unpaired) electrons. The molecule has 0 saturated heterocycles. The topological polar surface area (TPSA) is 91.4 Å². The smallest absolute Gasteiger partial charge is 0.333 e. The molecule has 9 nitrogen and oxygen atoms in total. The Morgan fingerprint density at radius 2 is 1.63 bits per heavy atom. The number of anilines is 2. The van der Waals surface area contributed by atoms with Gasteiger partial charge in [0.15, 0.2) is 16.9 Å². The Morgan fingerprint density at radius 3 is 2.31 bits per heavy atom. The maximum atomic E-state index is 13.5. The zero-order chi connectivity index (χ0) is 24.7. The lowest BCUT2D eigenvalue weighted by Crippen LogP contribution is -2.43. The molecule has 4 aromatic rings. The van der Waals surface area contributed by atoms with Gasteiger partial charge in [-0.2, -0.15) is 4.98 Å². The largest absolute Gasteiger partial charge is 0.457 e. The van der Waals surface area contributed by atoms with Gasteiger partial charge in [0.25, 0.3) is 5.56 Å². The maximum Gasteiger partial charge on any atom is 0.333 e. The lowest BCUT2D eigenvalue weighted by molar-refractivity contribution is -0.119. The van der Waals surface area contributed by atoms with Gasteiger partial charge in [0.05, 0.1) is 6.04 Å². The molecular weight excluding hydrogens is 446 g/mol. The van der Waals surface area contributed by atoms with E-state index in [-0.39, 0.29) is 5.78 Å². The average molecular weight is 474 g/mol. The van der Waals surface area contributed by atoms with Crippen molar-refractivity contribution in [3.63, 3.8) is 0 Å². The molecule has 0 bridgehead atoms. The first kappa shape index (κ1) is 22.6. The lowest BCUT2D eigenvalue weighted by Gasteiger charge is -2.22. The standard InChI is InChI=1S/C26H27N5O4/c1-17(18(2)32)31-24(33)22-23(28(3)26(31)34)27-25-29(15-7-8-16-30(22)25)19-11-13-21(14-12-19)35-20-9-5-4-6-10-20/h4-6,9-14,17H,7-8,15-16H2,1-3H3/t17-/m0/s1. The molecule has 0 N–H and O–H groups in total. The minimum absolute atomic E-state index is 0.251.